The summed E-state index contributed by atoms with van der Waals surface area (Å²) in [5, 5.41) is 3.03. The molecule has 0 aliphatic heterocycles. The summed E-state index contributed by atoms with van der Waals surface area (Å²) in [6.07, 6.45) is 4.01. The lowest BCUT2D eigenvalue weighted by molar-refractivity contribution is 0.858. The molecule has 3 rings (SSSR count). The van der Waals surface area contributed by atoms with Gasteiger partial charge in [-0.05, 0) is 18.7 Å². The van der Waals surface area contributed by atoms with Crippen LogP contribution in [0, 0.1) is 0 Å². The second-order valence-electron chi connectivity index (χ2n) is 4.22. The van der Waals surface area contributed by atoms with Crippen LogP contribution in [0.25, 0.3) is 16.9 Å². The van der Waals surface area contributed by atoms with Crippen LogP contribution in [-0.4, -0.2) is 26.1 Å². The van der Waals surface area contributed by atoms with Gasteiger partial charge in [0.25, 0.3) is 5.56 Å². The van der Waals surface area contributed by atoms with E-state index >= 15 is 0 Å². The zero-order valence-corrected chi connectivity index (χ0v) is 10.2. The number of nitrogens with zero attached hydrogens (tertiary/aromatic N) is 3. The molecule has 0 saturated heterocycles. The van der Waals surface area contributed by atoms with Crippen LogP contribution < -0.4 is 11.3 Å². The van der Waals surface area contributed by atoms with Crippen molar-refractivity contribution in [3.8, 4) is 11.3 Å². The average molecular weight is 255 g/mol. The average Bonchev–Trinajstić information content (AvgIpc) is 2.85. The van der Waals surface area contributed by atoms with Crippen LogP contribution in [0.15, 0.2) is 41.5 Å². The maximum absolute atomic E-state index is 12.0. The first-order valence-corrected chi connectivity index (χ1v) is 6.00. The van der Waals surface area contributed by atoms with Gasteiger partial charge in [-0.3, -0.25) is 14.9 Å². The van der Waals surface area contributed by atoms with Crippen molar-refractivity contribution in [2.24, 2.45) is 5.73 Å². The van der Waals surface area contributed by atoms with Crippen molar-refractivity contribution in [2.45, 2.75) is 6.42 Å². The quantitative estimate of drug-likeness (QED) is 0.716. The van der Waals surface area contributed by atoms with Crippen molar-refractivity contribution >= 4 is 5.65 Å². The lowest BCUT2D eigenvalue weighted by Gasteiger charge is -1.97. The van der Waals surface area contributed by atoms with Crippen LogP contribution in [0.2, 0.25) is 0 Å². The van der Waals surface area contributed by atoms with Gasteiger partial charge in [-0.25, -0.2) is 9.50 Å². The highest BCUT2D eigenvalue weighted by molar-refractivity contribution is 5.63. The molecule has 3 aromatic heterocycles. The molecule has 19 heavy (non-hydrogen) atoms. The minimum absolute atomic E-state index is 0.131. The minimum atomic E-state index is -0.131. The highest BCUT2D eigenvalue weighted by Crippen LogP contribution is 2.16. The highest BCUT2D eigenvalue weighted by Gasteiger charge is 2.07. The van der Waals surface area contributed by atoms with Crippen molar-refractivity contribution in [1.82, 2.24) is 19.6 Å². The Labute approximate surface area is 108 Å². The van der Waals surface area contributed by atoms with Crippen molar-refractivity contribution < 1.29 is 0 Å². The van der Waals surface area contributed by atoms with Gasteiger partial charge in [-0.1, -0.05) is 0 Å². The minimum Gasteiger partial charge on any atom is -0.330 e. The maximum atomic E-state index is 12.0. The number of hydrogen-bond acceptors (Lipinski definition) is 4. The van der Waals surface area contributed by atoms with Crippen LogP contribution in [0.3, 0.4) is 0 Å². The Morgan fingerprint density at radius 3 is 2.79 bits per heavy atom. The third-order valence-electron chi connectivity index (χ3n) is 2.90. The summed E-state index contributed by atoms with van der Waals surface area (Å²) in [5.41, 5.74) is 8.46. The number of pyridine rings is 1. The number of aromatic amines is 1. The highest BCUT2D eigenvalue weighted by atomic mass is 16.1. The summed E-state index contributed by atoms with van der Waals surface area (Å²) in [7, 11) is 0. The lowest BCUT2D eigenvalue weighted by Crippen LogP contribution is -2.17. The Hall–Kier alpha value is -2.47. The number of hydrogen-bond donors (Lipinski definition) is 2. The Morgan fingerprint density at radius 1 is 1.26 bits per heavy atom. The molecule has 6 nitrogen and oxygen atoms in total. The Bertz CT molecular complexity index is 760. The van der Waals surface area contributed by atoms with Gasteiger partial charge in [0.2, 0.25) is 0 Å². The van der Waals surface area contributed by atoms with Gasteiger partial charge in [0, 0.05) is 42.2 Å². The molecule has 0 fully saturated rings. The maximum Gasteiger partial charge on any atom is 0.272 e. The van der Waals surface area contributed by atoms with Gasteiger partial charge in [0.1, 0.15) is 0 Å². The van der Waals surface area contributed by atoms with E-state index in [0.717, 1.165) is 11.3 Å². The van der Waals surface area contributed by atoms with Gasteiger partial charge in [-0.15, -0.1) is 0 Å². The molecular formula is C13H13N5O. The van der Waals surface area contributed by atoms with Gasteiger partial charge in [0.05, 0.1) is 5.69 Å². The fraction of sp³-hybridized carbons (Fsp3) is 0.154. The fourth-order valence-electron chi connectivity index (χ4n) is 2.00. The Morgan fingerprint density at radius 2 is 2.05 bits per heavy atom. The second-order valence-corrected chi connectivity index (χ2v) is 4.22. The van der Waals surface area contributed by atoms with E-state index in [9.17, 15) is 4.79 Å². The predicted molar refractivity (Wildman–Crippen MR) is 71.8 cm³/mol. The Kier molecular flexibility index (Phi) is 2.85. The molecule has 0 unspecified atom stereocenters. The number of rotatable bonds is 3. The molecule has 96 valence electrons. The molecule has 0 aliphatic rings. The van der Waals surface area contributed by atoms with Crippen LogP contribution in [0.1, 0.15) is 5.69 Å². The standard InChI is InChI=1S/C13H13N5O/c14-4-1-10-7-13(19)18-12(16-10)8-11(17-18)9-2-5-15-6-3-9/h2-3,5-8,17H,1,4,14H2. The number of fused-ring (bicyclic) bond motifs is 1. The molecule has 0 aromatic carbocycles. The molecule has 3 aromatic rings. The number of nitrogens with two attached hydrogens (primary N) is 1. The molecule has 0 atom stereocenters. The topological polar surface area (TPSA) is 89.1 Å². The molecule has 0 aliphatic carbocycles. The molecule has 0 bridgehead atoms. The third-order valence-corrected chi connectivity index (χ3v) is 2.90. The summed E-state index contributed by atoms with van der Waals surface area (Å²) < 4.78 is 1.43. The normalized spacial score (nSPS) is 11.0. The molecule has 6 heteroatoms. The zero-order chi connectivity index (χ0) is 13.2. The third kappa shape index (κ3) is 2.13. The number of nitrogens with one attached hydrogen (secondary N) is 1. The first-order valence-electron chi connectivity index (χ1n) is 6.00. The summed E-state index contributed by atoms with van der Waals surface area (Å²) >= 11 is 0. The van der Waals surface area contributed by atoms with Gasteiger partial charge >= 0.3 is 0 Å². The van der Waals surface area contributed by atoms with Crippen LogP contribution in [-0.2, 0) is 6.42 Å². The Balaban J connectivity index is 2.16. The summed E-state index contributed by atoms with van der Waals surface area (Å²) in [5.74, 6) is 0. The van der Waals surface area contributed by atoms with E-state index < -0.39 is 0 Å². The number of H-pyrrole nitrogens is 1. The first-order chi connectivity index (χ1) is 9.28. The van der Waals surface area contributed by atoms with Crippen LogP contribution in [0.5, 0.6) is 0 Å². The molecule has 0 amide bonds. The van der Waals surface area contributed by atoms with Gasteiger partial charge in [0.15, 0.2) is 5.65 Å². The van der Waals surface area contributed by atoms with Crippen LogP contribution >= 0.6 is 0 Å². The summed E-state index contributed by atoms with van der Waals surface area (Å²) in [4.78, 5) is 20.3. The van der Waals surface area contributed by atoms with Gasteiger partial charge < -0.3 is 5.73 Å². The fourth-order valence-corrected chi connectivity index (χ4v) is 2.00. The molecule has 0 saturated carbocycles. The molecule has 0 radical (unpaired) electrons. The largest absolute Gasteiger partial charge is 0.330 e. The van der Waals surface area contributed by atoms with Crippen molar-refractivity contribution in [3.05, 3.63) is 52.7 Å². The van der Waals surface area contributed by atoms with E-state index in [2.05, 4.69) is 15.1 Å². The van der Waals surface area contributed by atoms with Crippen molar-refractivity contribution in [2.75, 3.05) is 6.54 Å². The zero-order valence-electron chi connectivity index (χ0n) is 10.2. The lowest BCUT2D eigenvalue weighted by atomic mass is 10.2. The first kappa shape index (κ1) is 11.6. The monoisotopic (exact) mass is 255 g/mol. The van der Waals surface area contributed by atoms with Crippen molar-refractivity contribution in [1.29, 1.82) is 0 Å². The number of aromatic nitrogens is 4. The predicted octanol–water partition coefficient (Wildman–Crippen LogP) is 0.586. The van der Waals surface area contributed by atoms with E-state index in [4.69, 9.17) is 5.73 Å². The smallest absolute Gasteiger partial charge is 0.272 e. The summed E-state index contributed by atoms with van der Waals surface area (Å²) in [6.45, 7) is 0.476. The van der Waals surface area contributed by atoms with Crippen LogP contribution in [0.4, 0.5) is 0 Å². The van der Waals surface area contributed by atoms with E-state index in [0.29, 0.717) is 24.3 Å². The molecule has 0 spiro atoms. The second kappa shape index (κ2) is 4.66. The van der Waals surface area contributed by atoms with E-state index in [-0.39, 0.29) is 5.56 Å². The van der Waals surface area contributed by atoms with E-state index in [1.807, 2.05) is 18.2 Å². The molecule has 3 N–H and O–H groups in total. The van der Waals surface area contributed by atoms with E-state index in [1.165, 1.54) is 10.6 Å². The SMILES string of the molecule is NCCc1cc(=O)n2[nH]c(-c3ccncc3)cc2n1. The van der Waals surface area contributed by atoms with Gasteiger partial charge in [-0.2, -0.15) is 0 Å². The molecular weight excluding hydrogens is 242 g/mol. The van der Waals surface area contributed by atoms with E-state index in [1.54, 1.807) is 12.4 Å². The van der Waals surface area contributed by atoms with Crippen molar-refractivity contribution in [3.63, 3.8) is 0 Å². The molecule has 3 heterocycles. The summed E-state index contributed by atoms with van der Waals surface area (Å²) in [6, 6.07) is 7.09.